The zero-order valence-corrected chi connectivity index (χ0v) is 12.9. The van der Waals surface area contributed by atoms with Gasteiger partial charge in [-0.3, -0.25) is 0 Å². The number of nitrogens with one attached hydrogen (secondary N) is 2. The van der Waals surface area contributed by atoms with Crippen LogP contribution in [-0.4, -0.2) is 35.8 Å². The van der Waals surface area contributed by atoms with Crippen molar-refractivity contribution in [2.75, 3.05) is 30.9 Å². The first-order valence-corrected chi connectivity index (χ1v) is 6.82. The van der Waals surface area contributed by atoms with Crippen LogP contribution in [0, 0.1) is 6.92 Å². The fraction of sp³-hybridized carbons (Fsp3) is 0.714. The molecule has 0 fully saturated rings. The molecular weight excluding hydrogens is 240 g/mol. The molecule has 0 atom stereocenters. The van der Waals surface area contributed by atoms with E-state index in [-0.39, 0.29) is 5.54 Å². The van der Waals surface area contributed by atoms with E-state index in [2.05, 4.69) is 48.3 Å². The van der Waals surface area contributed by atoms with E-state index in [1.54, 1.807) is 7.11 Å². The van der Waals surface area contributed by atoms with Gasteiger partial charge in [0.2, 0.25) is 0 Å². The van der Waals surface area contributed by atoms with Crippen LogP contribution in [0.4, 0.5) is 11.6 Å². The molecule has 0 bridgehead atoms. The second kappa shape index (κ2) is 6.70. The van der Waals surface area contributed by atoms with E-state index in [9.17, 15) is 0 Å². The molecule has 108 valence electrons. The molecule has 1 aromatic heterocycles. The van der Waals surface area contributed by atoms with Gasteiger partial charge >= 0.3 is 0 Å². The Balaban J connectivity index is 3.08. The molecule has 0 radical (unpaired) electrons. The van der Waals surface area contributed by atoms with Crippen LogP contribution in [0.15, 0.2) is 0 Å². The van der Waals surface area contributed by atoms with Gasteiger partial charge in [-0.15, -0.1) is 0 Å². The number of anilines is 2. The van der Waals surface area contributed by atoms with Crippen molar-refractivity contribution < 1.29 is 4.74 Å². The highest BCUT2D eigenvalue weighted by Gasteiger charge is 2.20. The molecule has 1 aromatic rings. The quantitative estimate of drug-likeness (QED) is 0.794. The summed E-state index contributed by atoms with van der Waals surface area (Å²) in [6, 6.07) is 0. The minimum atomic E-state index is -0.164. The molecule has 5 heteroatoms. The maximum atomic E-state index is 5.23. The number of rotatable bonds is 7. The number of hydrogen-bond acceptors (Lipinski definition) is 5. The molecule has 0 unspecified atom stereocenters. The SMILES string of the molecule is CCNc1nc(CC)nc(NC(C)(C)COC)c1C. The molecule has 0 aliphatic carbocycles. The lowest BCUT2D eigenvalue weighted by molar-refractivity contribution is 0.158. The summed E-state index contributed by atoms with van der Waals surface area (Å²) in [5, 5.41) is 6.73. The molecular formula is C14H26N4O. The third-order valence-corrected chi connectivity index (χ3v) is 2.81. The van der Waals surface area contributed by atoms with Crippen LogP contribution in [0.1, 0.15) is 39.1 Å². The van der Waals surface area contributed by atoms with E-state index in [0.717, 1.165) is 36.0 Å². The molecule has 0 aliphatic heterocycles. The third-order valence-electron chi connectivity index (χ3n) is 2.81. The number of nitrogens with zero attached hydrogens (tertiary/aromatic N) is 2. The summed E-state index contributed by atoms with van der Waals surface area (Å²) in [5.41, 5.74) is 0.880. The lowest BCUT2D eigenvalue weighted by Gasteiger charge is -2.27. The van der Waals surface area contributed by atoms with Gasteiger partial charge < -0.3 is 15.4 Å². The lowest BCUT2D eigenvalue weighted by atomic mass is 10.1. The molecule has 0 amide bonds. The van der Waals surface area contributed by atoms with E-state index >= 15 is 0 Å². The first-order chi connectivity index (χ1) is 8.93. The number of aromatic nitrogens is 2. The molecule has 1 heterocycles. The Morgan fingerprint density at radius 1 is 1.16 bits per heavy atom. The summed E-state index contributed by atoms with van der Waals surface area (Å²) in [6.45, 7) is 11.8. The summed E-state index contributed by atoms with van der Waals surface area (Å²) >= 11 is 0. The summed E-state index contributed by atoms with van der Waals surface area (Å²) in [5.74, 6) is 2.63. The topological polar surface area (TPSA) is 59.1 Å². The molecule has 0 spiro atoms. The minimum absolute atomic E-state index is 0.164. The number of methoxy groups -OCH3 is 1. The van der Waals surface area contributed by atoms with Gasteiger partial charge in [0.25, 0.3) is 0 Å². The average Bonchev–Trinajstić information content (AvgIpc) is 2.33. The molecule has 1 rings (SSSR count). The normalized spacial score (nSPS) is 11.5. The highest BCUT2D eigenvalue weighted by molar-refractivity contribution is 5.58. The summed E-state index contributed by atoms with van der Waals surface area (Å²) in [4.78, 5) is 9.11. The first-order valence-electron chi connectivity index (χ1n) is 6.82. The van der Waals surface area contributed by atoms with Gasteiger partial charge in [-0.05, 0) is 27.7 Å². The van der Waals surface area contributed by atoms with Gasteiger partial charge in [-0.1, -0.05) is 6.92 Å². The highest BCUT2D eigenvalue weighted by atomic mass is 16.5. The van der Waals surface area contributed by atoms with Gasteiger partial charge in [-0.25, -0.2) is 9.97 Å². The van der Waals surface area contributed by atoms with Crippen LogP contribution >= 0.6 is 0 Å². The van der Waals surface area contributed by atoms with Crippen molar-refractivity contribution in [1.82, 2.24) is 9.97 Å². The molecule has 0 saturated heterocycles. The molecule has 0 aliphatic rings. The zero-order chi connectivity index (χ0) is 14.5. The molecule has 5 nitrogen and oxygen atoms in total. The molecule has 0 aromatic carbocycles. The van der Waals surface area contributed by atoms with Crippen molar-refractivity contribution in [2.24, 2.45) is 0 Å². The summed E-state index contributed by atoms with van der Waals surface area (Å²) in [7, 11) is 1.71. The number of ether oxygens (including phenoxy) is 1. The van der Waals surface area contributed by atoms with Crippen molar-refractivity contribution in [3.05, 3.63) is 11.4 Å². The number of aryl methyl sites for hydroxylation is 1. The number of hydrogen-bond donors (Lipinski definition) is 2. The summed E-state index contributed by atoms with van der Waals surface area (Å²) < 4.78 is 5.23. The first kappa shape index (κ1) is 15.7. The van der Waals surface area contributed by atoms with Gasteiger partial charge in [0, 0.05) is 25.6 Å². The fourth-order valence-electron chi connectivity index (χ4n) is 1.90. The monoisotopic (exact) mass is 266 g/mol. The largest absolute Gasteiger partial charge is 0.382 e. The van der Waals surface area contributed by atoms with Crippen molar-refractivity contribution in [2.45, 2.75) is 46.6 Å². The van der Waals surface area contributed by atoms with Crippen LogP contribution in [0.5, 0.6) is 0 Å². The van der Waals surface area contributed by atoms with E-state index < -0.39 is 0 Å². The minimum Gasteiger partial charge on any atom is -0.382 e. The molecule has 19 heavy (non-hydrogen) atoms. The Labute approximate surface area is 116 Å². The molecule has 2 N–H and O–H groups in total. The predicted molar refractivity (Wildman–Crippen MR) is 79.9 cm³/mol. The predicted octanol–water partition coefficient (Wildman–Crippen LogP) is 2.62. The van der Waals surface area contributed by atoms with E-state index in [0.29, 0.717) is 6.61 Å². The average molecular weight is 266 g/mol. The van der Waals surface area contributed by atoms with Gasteiger partial charge in [-0.2, -0.15) is 0 Å². The van der Waals surface area contributed by atoms with Crippen LogP contribution < -0.4 is 10.6 Å². The van der Waals surface area contributed by atoms with Crippen molar-refractivity contribution in [1.29, 1.82) is 0 Å². The van der Waals surface area contributed by atoms with E-state index in [1.165, 1.54) is 0 Å². The van der Waals surface area contributed by atoms with Gasteiger partial charge in [0.1, 0.15) is 17.5 Å². The van der Waals surface area contributed by atoms with Crippen LogP contribution in [0.3, 0.4) is 0 Å². The standard InChI is InChI=1S/C14H26N4O/c1-7-11-16-12(15-8-2)10(3)13(17-11)18-14(4,5)9-19-6/h7-9H2,1-6H3,(H2,15,16,17,18). The Bertz CT molecular complexity index is 418. The second-order valence-electron chi connectivity index (χ2n) is 5.29. The molecule has 0 saturated carbocycles. The Hall–Kier alpha value is -1.36. The Morgan fingerprint density at radius 3 is 2.32 bits per heavy atom. The maximum Gasteiger partial charge on any atom is 0.135 e. The van der Waals surface area contributed by atoms with Crippen LogP contribution in [0.25, 0.3) is 0 Å². The zero-order valence-electron chi connectivity index (χ0n) is 12.9. The Kier molecular flexibility index (Phi) is 5.54. The fourth-order valence-corrected chi connectivity index (χ4v) is 1.90. The van der Waals surface area contributed by atoms with E-state index in [4.69, 9.17) is 4.74 Å². The van der Waals surface area contributed by atoms with Gasteiger partial charge in [0.15, 0.2) is 0 Å². The lowest BCUT2D eigenvalue weighted by Crippen LogP contribution is -2.36. The maximum absolute atomic E-state index is 5.23. The van der Waals surface area contributed by atoms with Crippen molar-refractivity contribution in [3.8, 4) is 0 Å². The third kappa shape index (κ3) is 4.35. The van der Waals surface area contributed by atoms with E-state index in [1.807, 2.05) is 6.92 Å². The van der Waals surface area contributed by atoms with Crippen LogP contribution in [0.2, 0.25) is 0 Å². The van der Waals surface area contributed by atoms with Crippen molar-refractivity contribution >= 4 is 11.6 Å². The Morgan fingerprint density at radius 2 is 1.79 bits per heavy atom. The van der Waals surface area contributed by atoms with Gasteiger partial charge in [0.05, 0.1) is 12.1 Å². The van der Waals surface area contributed by atoms with Crippen molar-refractivity contribution in [3.63, 3.8) is 0 Å². The van der Waals surface area contributed by atoms with Crippen LogP contribution in [-0.2, 0) is 11.2 Å². The summed E-state index contributed by atoms with van der Waals surface area (Å²) in [6.07, 6.45) is 0.818. The smallest absolute Gasteiger partial charge is 0.135 e. The highest BCUT2D eigenvalue weighted by Crippen LogP contribution is 2.23. The second-order valence-corrected chi connectivity index (χ2v) is 5.29.